The van der Waals surface area contributed by atoms with E-state index in [9.17, 15) is 0 Å². The van der Waals surface area contributed by atoms with Gasteiger partial charge < -0.3 is 29.3 Å². The summed E-state index contributed by atoms with van der Waals surface area (Å²) in [5.41, 5.74) is 0. The highest BCUT2D eigenvalue weighted by atomic mass is 127. The average Bonchev–Trinajstić information content (AvgIpc) is 1.65. The maximum atomic E-state index is 2.40. The molecule has 0 amide bonds. The minimum Gasteiger partial charge on any atom is -1.00 e. The summed E-state index contributed by atoms with van der Waals surface area (Å²) in [4.78, 5) is 0. The number of hydrogen-bond acceptors (Lipinski definition) is 1. The fourth-order valence-corrected chi connectivity index (χ4v) is 2.00. The molecule has 1 saturated heterocycles. The third-order valence-corrected chi connectivity index (χ3v) is 2.84. The first-order valence-corrected chi connectivity index (χ1v) is 4.15. The smallest absolute Gasteiger partial charge is 0.0899 e. The molecule has 0 aromatic carbocycles. The van der Waals surface area contributed by atoms with Crippen molar-refractivity contribution < 1.29 is 29.3 Å². The average molecular weight is 259 g/mol. The van der Waals surface area contributed by atoms with Crippen LogP contribution < -0.4 is 29.3 Å². The molecule has 2 N–H and O–H groups in total. The highest BCUT2D eigenvalue weighted by Gasteiger charge is 2.23. The van der Waals surface area contributed by atoms with Gasteiger partial charge in [-0.05, 0) is 13.8 Å². The first-order chi connectivity index (χ1) is 3.71. The minimum atomic E-state index is 0. The predicted octanol–water partition coefficient (Wildman–Crippen LogP) is -2.92. The van der Waals surface area contributed by atoms with Gasteiger partial charge in [0.2, 0.25) is 0 Å². The summed E-state index contributed by atoms with van der Waals surface area (Å²) in [6.07, 6.45) is 0. The fourth-order valence-electron chi connectivity index (χ4n) is 0.927. The van der Waals surface area contributed by atoms with Gasteiger partial charge in [-0.25, -0.2) is 0 Å². The quantitative estimate of drug-likeness (QED) is 0.461. The molecular formula is C6H14INS. The Labute approximate surface area is 78.4 Å². The summed E-state index contributed by atoms with van der Waals surface area (Å²) in [7, 11) is 0. The Balaban J connectivity index is 0.000000640. The van der Waals surface area contributed by atoms with Crippen LogP contribution in [-0.4, -0.2) is 23.6 Å². The van der Waals surface area contributed by atoms with Gasteiger partial charge in [0.25, 0.3) is 0 Å². The van der Waals surface area contributed by atoms with Crippen molar-refractivity contribution in [2.24, 2.45) is 0 Å². The summed E-state index contributed by atoms with van der Waals surface area (Å²) in [5.74, 6) is 1.33. The molecule has 1 nitrogen and oxygen atoms in total. The van der Waals surface area contributed by atoms with Gasteiger partial charge in [-0.3, -0.25) is 0 Å². The van der Waals surface area contributed by atoms with Crippen molar-refractivity contribution >= 4 is 11.8 Å². The number of quaternary nitrogens is 1. The lowest BCUT2D eigenvalue weighted by Crippen LogP contribution is -3.00. The van der Waals surface area contributed by atoms with E-state index in [0.717, 1.165) is 0 Å². The molecule has 0 saturated carbocycles. The lowest BCUT2D eigenvalue weighted by molar-refractivity contribution is -0.655. The van der Waals surface area contributed by atoms with Gasteiger partial charge in [-0.1, -0.05) is 0 Å². The molecule has 0 aliphatic carbocycles. The molecule has 0 atom stereocenters. The van der Waals surface area contributed by atoms with Gasteiger partial charge in [0.15, 0.2) is 0 Å². The van der Waals surface area contributed by atoms with Crippen molar-refractivity contribution in [1.29, 1.82) is 0 Å². The molecule has 1 aliphatic rings. The van der Waals surface area contributed by atoms with Crippen LogP contribution in [0.5, 0.6) is 0 Å². The van der Waals surface area contributed by atoms with E-state index in [1.54, 1.807) is 0 Å². The molecule has 56 valence electrons. The summed E-state index contributed by atoms with van der Waals surface area (Å²) in [5, 5.41) is 2.40. The van der Waals surface area contributed by atoms with Crippen LogP contribution >= 0.6 is 11.8 Å². The van der Waals surface area contributed by atoms with E-state index in [-0.39, 0.29) is 24.0 Å². The van der Waals surface area contributed by atoms with Gasteiger partial charge in [-0.15, -0.1) is 11.8 Å². The van der Waals surface area contributed by atoms with E-state index in [1.165, 1.54) is 18.8 Å². The molecule has 3 heteroatoms. The third-order valence-electron chi connectivity index (χ3n) is 1.45. The molecule has 0 aromatic heterocycles. The Morgan fingerprint density at radius 1 is 1.44 bits per heavy atom. The molecule has 1 heterocycles. The van der Waals surface area contributed by atoms with E-state index >= 15 is 0 Å². The van der Waals surface area contributed by atoms with Crippen LogP contribution in [-0.2, 0) is 0 Å². The first-order valence-electron chi connectivity index (χ1n) is 3.16. The van der Waals surface area contributed by atoms with Crippen LogP contribution in [0.1, 0.15) is 13.8 Å². The van der Waals surface area contributed by atoms with Crippen molar-refractivity contribution in [3.05, 3.63) is 0 Å². The molecule has 1 fully saturated rings. The topological polar surface area (TPSA) is 16.6 Å². The molecule has 0 unspecified atom stereocenters. The molecule has 0 spiro atoms. The first kappa shape index (κ1) is 10.0. The zero-order valence-electron chi connectivity index (χ0n) is 5.98. The van der Waals surface area contributed by atoms with Crippen LogP contribution in [0.3, 0.4) is 0 Å². The SMILES string of the molecule is CC1(C)C[NH2+]CCS1.[I-]. The minimum absolute atomic E-state index is 0. The second-order valence-corrected chi connectivity index (χ2v) is 4.69. The summed E-state index contributed by atoms with van der Waals surface area (Å²) < 4.78 is 0.540. The van der Waals surface area contributed by atoms with E-state index in [2.05, 4.69) is 30.9 Å². The van der Waals surface area contributed by atoms with Gasteiger partial charge in [0.1, 0.15) is 0 Å². The predicted molar refractivity (Wildman–Crippen MR) is 38.2 cm³/mol. The van der Waals surface area contributed by atoms with Crippen molar-refractivity contribution in [1.82, 2.24) is 0 Å². The van der Waals surface area contributed by atoms with Crippen molar-refractivity contribution in [3.63, 3.8) is 0 Å². The number of rotatable bonds is 0. The lowest BCUT2D eigenvalue weighted by atomic mass is 10.2. The van der Waals surface area contributed by atoms with Gasteiger partial charge >= 0.3 is 0 Å². The highest BCUT2D eigenvalue weighted by molar-refractivity contribution is 8.00. The van der Waals surface area contributed by atoms with E-state index in [1.807, 2.05) is 0 Å². The Morgan fingerprint density at radius 3 is 2.33 bits per heavy atom. The Hall–Kier alpha value is 1.04. The zero-order valence-corrected chi connectivity index (χ0v) is 8.96. The molecule has 1 aliphatic heterocycles. The number of hydrogen-bond donors (Lipinski definition) is 1. The Morgan fingerprint density at radius 2 is 2.11 bits per heavy atom. The van der Waals surface area contributed by atoms with Crippen molar-refractivity contribution in [2.45, 2.75) is 18.6 Å². The zero-order chi connectivity index (χ0) is 6.04. The standard InChI is InChI=1S/C6H13NS.HI/c1-6(2)5-7-3-4-8-6;/h7H,3-5H2,1-2H3;1H. The Kier molecular flexibility index (Phi) is 4.50. The van der Waals surface area contributed by atoms with Crippen LogP contribution in [0.4, 0.5) is 0 Å². The summed E-state index contributed by atoms with van der Waals surface area (Å²) in [6.45, 7) is 7.23. The second-order valence-electron chi connectivity index (χ2n) is 2.89. The summed E-state index contributed by atoms with van der Waals surface area (Å²) >= 11 is 2.09. The summed E-state index contributed by atoms with van der Waals surface area (Å²) in [6, 6.07) is 0. The van der Waals surface area contributed by atoms with Crippen LogP contribution in [0.25, 0.3) is 0 Å². The van der Waals surface area contributed by atoms with E-state index in [0.29, 0.717) is 4.75 Å². The van der Waals surface area contributed by atoms with Crippen LogP contribution in [0, 0.1) is 0 Å². The van der Waals surface area contributed by atoms with Crippen molar-refractivity contribution in [2.75, 3.05) is 18.8 Å². The number of halogens is 1. The van der Waals surface area contributed by atoms with Gasteiger partial charge in [-0.2, -0.15) is 0 Å². The van der Waals surface area contributed by atoms with E-state index in [4.69, 9.17) is 0 Å². The normalized spacial score (nSPS) is 24.7. The van der Waals surface area contributed by atoms with Gasteiger partial charge in [0.05, 0.1) is 17.8 Å². The second kappa shape index (κ2) is 4.03. The molecular weight excluding hydrogens is 245 g/mol. The molecule has 1 rings (SSSR count). The molecule has 0 aromatic rings. The molecule has 0 bridgehead atoms. The van der Waals surface area contributed by atoms with Gasteiger partial charge in [0, 0.05) is 5.75 Å². The number of nitrogens with two attached hydrogens (primary N) is 1. The van der Waals surface area contributed by atoms with Crippen molar-refractivity contribution in [3.8, 4) is 0 Å². The fraction of sp³-hybridized carbons (Fsp3) is 1.00. The Bertz CT molecular complexity index is 77.1. The lowest BCUT2D eigenvalue weighted by Gasteiger charge is -2.25. The molecule has 9 heavy (non-hydrogen) atoms. The maximum Gasteiger partial charge on any atom is 0.0899 e. The third kappa shape index (κ3) is 3.68. The van der Waals surface area contributed by atoms with Crippen LogP contribution in [0.2, 0.25) is 0 Å². The highest BCUT2D eigenvalue weighted by Crippen LogP contribution is 2.22. The monoisotopic (exact) mass is 259 g/mol. The number of thioether (sulfide) groups is 1. The maximum absolute atomic E-state index is 2.40. The molecule has 0 radical (unpaired) electrons. The largest absolute Gasteiger partial charge is 1.00 e. The van der Waals surface area contributed by atoms with Crippen LogP contribution in [0.15, 0.2) is 0 Å². The van der Waals surface area contributed by atoms with E-state index < -0.39 is 0 Å².